The molecule has 0 bridgehead atoms. The maximum absolute atomic E-state index is 13.8. The van der Waals surface area contributed by atoms with Crippen molar-refractivity contribution in [2.75, 3.05) is 14.1 Å². The van der Waals surface area contributed by atoms with Gasteiger partial charge >= 0.3 is 0 Å². The van der Waals surface area contributed by atoms with Crippen LogP contribution in [0.1, 0.15) is 27.2 Å². The van der Waals surface area contributed by atoms with Gasteiger partial charge in [-0.1, -0.05) is 0 Å². The highest BCUT2D eigenvalue weighted by Crippen LogP contribution is 2.52. The lowest BCUT2D eigenvalue weighted by Crippen LogP contribution is -2.74. The molecule has 1 aromatic heterocycles. The number of hydrogen-bond donors (Lipinski definition) is 3. The summed E-state index contributed by atoms with van der Waals surface area (Å²) in [6, 6.07) is 5.91. The molecule has 1 heterocycles. The third-order valence-corrected chi connectivity index (χ3v) is 8.98. The molecule has 2 unspecified atom stereocenters. The lowest BCUT2D eigenvalue weighted by Gasteiger charge is -2.52. The van der Waals surface area contributed by atoms with Crippen LogP contribution in [-0.4, -0.2) is 69.9 Å². The Kier molecular flexibility index (Phi) is 5.55. The van der Waals surface area contributed by atoms with Gasteiger partial charge in [0.1, 0.15) is 5.75 Å². The van der Waals surface area contributed by atoms with Gasteiger partial charge in [-0.05, 0) is 75.2 Å². The Hall–Kier alpha value is -3.21. The molecule has 4 N–H and O–H groups in total. The number of thiophene rings is 1. The molecule has 188 valence electrons. The lowest BCUT2D eigenvalue weighted by atomic mass is 9.52. The number of phenolic OH excluding ortho intramolecular Hbond substituents is 1. The Morgan fingerprint density at radius 1 is 1.11 bits per heavy atom. The molecule has 2 fully saturated rings. The first-order valence-corrected chi connectivity index (χ1v) is 12.5. The van der Waals surface area contributed by atoms with Crippen molar-refractivity contribution in [2.45, 2.75) is 31.4 Å². The van der Waals surface area contributed by atoms with Crippen LogP contribution in [0.5, 0.6) is 5.75 Å². The average Bonchev–Trinajstić information content (AvgIpc) is 3.22. The van der Waals surface area contributed by atoms with E-state index in [1.165, 1.54) is 22.3 Å². The highest BCUT2D eigenvalue weighted by molar-refractivity contribution is 7.15. The Morgan fingerprint density at radius 2 is 1.81 bits per heavy atom. The number of phenols is 1. The van der Waals surface area contributed by atoms with Gasteiger partial charge in [0.15, 0.2) is 34.7 Å². The number of aryl methyl sites for hydroxylation is 1. The van der Waals surface area contributed by atoms with E-state index >= 15 is 0 Å². The van der Waals surface area contributed by atoms with E-state index in [9.17, 15) is 34.2 Å². The molecule has 2 aromatic rings. The van der Waals surface area contributed by atoms with Crippen molar-refractivity contribution in [1.82, 2.24) is 4.90 Å². The molecule has 1 amide bonds. The van der Waals surface area contributed by atoms with Crippen LogP contribution < -0.4 is 5.73 Å². The normalized spacial score (nSPS) is 31.8. The summed E-state index contributed by atoms with van der Waals surface area (Å²) in [5, 5.41) is 22.2. The second kappa shape index (κ2) is 8.16. The van der Waals surface area contributed by atoms with Crippen molar-refractivity contribution >= 4 is 40.4 Å². The van der Waals surface area contributed by atoms with Gasteiger partial charge in [0.25, 0.3) is 0 Å². The van der Waals surface area contributed by atoms with E-state index in [0.717, 1.165) is 15.3 Å². The molecular formula is C26H26N2O7S. The van der Waals surface area contributed by atoms with Crippen LogP contribution in [0.15, 0.2) is 24.3 Å². The summed E-state index contributed by atoms with van der Waals surface area (Å²) in [5.74, 6) is -10.4. The zero-order valence-electron chi connectivity index (χ0n) is 20.0. The van der Waals surface area contributed by atoms with Crippen molar-refractivity contribution in [3.05, 3.63) is 40.3 Å². The number of likely N-dealkylation sites (N-methyl/N-ethyl adjacent to an activating group) is 1. The molecule has 6 atom stereocenters. The summed E-state index contributed by atoms with van der Waals surface area (Å²) in [7, 11) is 3.12. The molecule has 0 radical (unpaired) electrons. The fourth-order valence-electron chi connectivity index (χ4n) is 6.41. The Labute approximate surface area is 210 Å². The number of ketones is 4. The topological polar surface area (TPSA) is 155 Å². The zero-order valence-corrected chi connectivity index (χ0v) is 20.8. The van der Waals surface area contributed by atoms with Crippen molar-refractivity contribution in [3.8, 4) is 16.2 Å². The number of carbonyl (C=O) groups is 5. The van der Waals surface area contributed by atoms with Gasteiger partial charge in [-0.2, -0.15) is 0 Å². The minimum Gasteiger partial charge on any atom is -0.507 e. The number of nitrogens with two attached hydrogens (primary N) is 1. The second-order valence-corrected chi connectivity index (χ2v) is 11.5. The van der Waals surface area contributed by atoms with E-state index in [1.54, 1.807) is 20.2 Å². The fraction of sp³-hybridized carbons (Fsp3) is 0.423. The van der Waals surface area contributed by atoms with Crippen LogP contribution in [0.2, 0.25) is 0 Å². The van der Waals surface area contributed by atoms with Crippen molar-refractivity contribution in [3.63, 3.8) is 0 Å². The van der Waals surface area contributed by atoms with E-state index in [2.05, 4.69) is 0 Å². The number of aliphatic hydroxyl groups is 1. The largest absolute Gasteiger partial charge is 0.507 e. The number of nitrogens with zero attached hydrogens (tertiary/aromatic N) is 1. The number of amides is 1. The van der Waals surface area contributed by atoms with Gasteiger partial charge in [0.2, 0.25) is 5.91 Å². The van der Waals surface area contributed by atoms with Crippen molar-refractivity contribution < 1.29 is 34.2 Å². The van der Waals surface area contributed by atoms with E-state index < -0.39 is 64.4 Å². The maximum atomic E-state index is 13.8. The van der Waals surface area contributed by atoms with E-state index in [-0.39, 0.29) is 24.2 Å². The summed E-state index contributed by atoms with van der Waals surface area (Å²) in [4.78, 5) is 69.4. The monoisotopic (exact) mass is 510 g/mol. The van der Waals surface area contributed by atoms with Crippen LogP contribution in [0, 0.1) is 30.6 Å². The summed E-state index contributed by atoms with van der Waals surface area (Å²) < 4.78 is 0. The molecule has 0 aliphatic heterocycles. The van der Waals surface area contributed by atoms with Gasteiger partial charge in [-0.3, -0.25) is 28.9 Å². The molecule has 36 heavy (non-hydrogen) atoms. The van der Waals surface area contributed by atoms with Crippen LogP contribution in [-0.2, 0) is 25.6 Å². The number of primary amides is 1. The third kappa shape index (κ3) is 3.17. The summed E-state index contributed by atoms with van der Waals surface area (Å²) in [6.07, 6.45) is 0.273. The van der Waals surface area contributed by atoms with Gasteiger partial charge < -0.3 is 15.9 Å². The van der Waals surface area contributed by atoms with Crippen LogP contribution in [0.25, 0.3) is 10.4 Å². The minimum absolute atomic E-state index is 0.00477. The number of Topliss-reactive ketones (excluding diaryl/α,β-unsaturated/α-hetero) is 4. The first-order valence-electron chi connectivity index (χ1n) is 11.7. The molecule has 2 saturated carbocycles. The van der Waals surface area contributed by atoms with Gasteiger partial charge in [-0.25, -0.2) is 0 Å². The van der Waals surface area contributed by atoms with Crippen LogP contribution >= 0.6 is 11.3 Å². The molecular weight excluding hydrogens is 484 g/mol. The number of aromatic hydroxyl groups is 1. The molecule has 0 spiro atoms. The standard InChI is InChI=1S/C26H26N2O7S/c1-10-4-7-16(36-10)12-5-6-15(29)18-13(12)8-11-9-14-20(28(2)3)22(31)19(25(27)34)24(33)26(14,35)23(32)17(11)21(18)30/h4-7,11,14,17,19-20,29,35H,8-9H2,1-3H3,(H2,27,34)/t11-,14-,17?,19?,20-,26-/m1/s1. The maximum Gasteiger partial charge on any atom is 0.235 e. The van der Waals surface area contributed by atoms with Crippen LogP contribution in [0.4, 0.5) is 0 Å². The average molecular weight is 511 g/mol. The fourth-order valence-corrected chi connectivity index (χ4v) is 7.34. The smallest absolute Gasteiger partial charge is 0.235 e. The molecule has 0 saturated heterocycles. The van der Waals surface area contributed by atoms with Gasteiger partial charge in [0.05, 0.1) is 17.5 Å². The van der Waals surface area contributed by atoms with Crippen molar-refractivity contribution in [2.24, 2.45) is 29.4 Å². The van der Waals surface area contributed by atoms with E-state index in [0.29, 0.717) is 5.56 Å². The Bertz CT molecular complexity index is 1360. The zero-order chi connectivity index (χ0) is 26.3. The summed E-state index contributed by atoms with van der Waals surface area (Å²) in [6.45, 7) is 1.96. The SMILES string of the molecule is Cc1ccc(-c2ccc(O)c3c2C[C@@H]2C[C@@H]4[C@@H](N(C)C)C(=O)C(C(N)=O)C(=O)[C@]4(O)C(=O)C2C3=O)s1. The van der Waals surface area contributed by atoms with Crippen LogP contribution in [0.3, 0.4) is 0 Å². The quantitative estimate of drug-likeness (QED) is 0.515. The third-order valence-electron chi connectivity index (χ3n) is 7.95. The first-order chi connectivity index (χ1) is 16.9. The number of benzene rings is 1. The number of fused-ring (bicyclic) bond motifs is 3. The molecule has 3 aliphatic rings. The number of rotatable bonds is 3. The summed E-state index contributed by atoms with van der Waals surface area (Å²) in [5.41, 5.74) is 4.00. The number of hydrogen-bond acceptors (Lipinski definition) is 9. The lowest BCUT2D eigenvalue weighted by molar-refractivity contribution is -0.181. The first kappa shape index (κ1) is 24.5. The van der Waals surface area contributed by atoms with Gasteiger partial charge in [0, 0.05) is 15.7 Å². The number of carbonyl (C=O) groups excluding carboxylic acids is 5. The molecule has 5 rings (SSSR count). The second-order valence-electron chi connectivity index (χ2n) is 10.2. The van der Waals surface area contributed by atoms with Gasteiger partial charge in [-0.15, -0.1) is 11.3 Å². The predicted octanol–water partition coefficient (Wildman–Crippen LogP) is 0.904. The summed E-state index contributed by atoms with van der Waals surface area (Å²) >= 11 is 1.54. The Balaban J connectivity index is 1.66. The Morgan fingerprint density at radius 3 is 2.39 bits per heavy atom. The molecule has 1 aromatic carbocycles. The van der Waals surface area contributed by atoms with E-state index in [4.69, 9.17) is 5.73 Å². The minimum atomic E-state index is -2.71. The van der Waals surface area contributed by atoms with Crippen molar-refractivity contribution in [1.29, 1.82) is 0 Å². The molecule has 3 aliphatic carbocycles. The highest BCUT2D eigenvalue weighted by atomic mass is 32.1. The molecule has 10 heteroatoms. The molecule has 9 nitrogen and oxygen atoms in total. The van der Waals surface area contributed by atoms with E-state index in [1.807, 2.05) is 19.1 Å². The predicted molar refractivity (Wildman–Crippen MR) is 129 cm³/mol. The highest BCUT2D eigenvalue weighted by Gasteiger charge is 2.69.